The normalized spacial score (nSPS) is 14.9. The standard InChI is InChI=1S/C10H10ClN3O2/c1-16-8-3-2-6(4-7(8)11)10-12-5-9(15)13-14-10/h2-4H,5H2,1H3,(H,12,14)(H,13,15). The molecule has 84 valence electrons. The smallest absolute Gasteiger partial charge is 0.260 e. The number of hydrogen-bond donors (Lipinski definition) is 2. The molecule has 1 heterocycles. The summed E-state index contributed by atoms with van der Waals surface area (Å²) in [5, 5.41) is 0.501. The largest absolute Gasteiger partial charge is 0.495 e. The molecule has 0 unspecified atom stereocenters. The summed E-state index contributed by atoms with van der Waals surface area (Å²) in [4.78, 5) is 15.0. The van der Waals surface area contributed by atoms with Crippen LogP contribution in [0.25, 0.3) is 0 Å². The van der Waals surface area contributed by atoms with Gasteiger partial charge >= 0.3 is 0 Å². The molecule has 0 atom stereocenters. The van der Waals surface area contributed by atoms with Crippen LogP contribution in [0.3, 0.4) is 0 Å². The lowest BCUT2D eigenvalue weighted by molar-refractivity contribution is -0.120. The summed E-state index contributed by atoms with van der Waals surface area (Å²) in [5.74, 6) is 1.03. The van der Waals surface area contributed by atoms with Crippen LogP contribution in [0.1, 0.15) is 5.56 Å². The van der Waals surface area contributed by atoms with E-state index in [1.807, 2.05) is 6.07 Å². The molecule has 0 fully saturated rings. The highest BCUT2D eigenvalue weighted by Crippen LogP contribution is 2.24. The fourth-order valence-electron chi connectivity index (χ4n) is 1.34. The fourth-order valence-corrected chi connectivity index (χ4v) is 1.59. The number of aliphatic imine (C=N–C) groups is 1. The Morgan fingerprint density at radius 3 is 2.81 bits per heavy atom. The van der Waals surface area contributed by atoms with Crippen LogP contribution < -0.4 is 15.6 Å². The SMILES string of the molecule is COc1ccc(C2=NCC(=O)NN2)cc1Cl. The van der Waals surface area contributed by atoms with Crippen molar-refractivity contribution >= 4 is 23.3 Å². The number of methoxy groups -OCH3 is 1. The predicted octanol–water partition coefficient (Wildman–Crippen LogP) is 0.730. The van der Waals surface area contributed by atoms with Crippen LogP contribution in [-0.4, -0.2) is 25.4 Å². The zero-order chi connectivity index (χ0) is 11.5. The molecule has 0 aromatic heterocycles. The number of hydrogen-bond acceptors (Lipinski definition) is 4. The van der Waals surface area contributed by atoms with E-state index in [4.69, 9.17) is 16.3 Å². The van der Waals surface area contributed by atoms with Gasteiger partial charge in [-0.15, -0.1) is 0 Å². The molecule has 0 aliphatic carbocycles. The minimum atomic E-state index is -0.164. The first-order chi connectivity index (χ1) is 7.70. The van der Waals surface area contributed by atoms with Gasteiger partial charge in [0.2, 0.25) is 0 Å². The molecule has 1 aliphatic heterocycles. The van der Waals surface area contributed by atoms with Gasteiger partial charge in [0.1, 0.15) is 18.1 Å². The second kappa shape index (κ2) is 4.40. The van der Waals surface area contributed by atoms with Gasteiger partial charge in [0.05, 0.1) is 12.1 Å². The Hall–Kier alpha value is -1.75. The molecule has 0 spiro atoms. The van der Waals surface area contributed by atoms with Gasteiger partial charge in [-0.3, -0.25) is 20.6 Å². The van der Waals surface area contributed by atoms with Crippen LogP contribution >= 0.6 is 11.6 Å². The van der Waals surface area contributed by atoms with Crippen LogP contribution in [0.5, 0.6) is 5.75 Å². The van der Waals surface area contributed by atoms with Gasteiger partial charge in [0.25, 0.3) is 5.91 Å². The molecule has 5 nitrogen and oxygen atoms in total. The van der Waals surface area contributed by atoms with Crippen molar-refractivity contribution in [3.63, 3.8) is 0 Å². The Labute approximate surface area is 97.4 Å². The van der Waals surface area contributed by atoms with Crippen molar-refractivity contribution in [3.8, 4) is 5.75 Å². The van der Waals surface area contributed by atoms with E-state index in [0.29, 0.717) is 16.6 Å². The molecule has 1 aromatic carbocycles. The molecular formula is C10H10ClN3O2. The van der Waals surface area contributed by atoms with Gasteiger partial charge in [0, 0.05) is 5.56 Å². The number of nitrogens with zero attached hydrogens (tertiary/aromatic N) is 1. The highest BCUT2D eigenvalue weighted by Gasteiger charge is 2.12. The Morgan fingerprint density at radius 1 is 1.44 bits per heavy atom. The van der Waals surface area contributed by atoms with Crippen LogP contribution in [-0.2, 0) is 4.79 Å². The lowest BCUT2D eigenvalue weighted by Crippen LogP contribution is -2.47. The Bertz CT molecular complexity index is 459. The zero-order valence-corrected chi connectivity index (χ0v) is 9.34. The van der Waals surface area contributed by atoms with Crippen molar-refractivity contribution in [3.05, 3.63) is 28.8 Å². The Morgan fingerprint density at radius 2 is 2.25 bits per heavy atom. The van der Waals surface area contributed by atoms with Crippen LogP contribution in [0.15, 0.2) is 23.2 Å². The maximum absolute atomic E-state index is 10.9. The quantitative estimate of drug-likeness (QED) is 0.800. The van der Waals surface area contributed by atoms with E-state index in [9.17, 15) is 4.79 Å². The summed E-state index contributed by atoms with van der Waals surface area (Å²) in [6.07, 6.45) is 0. The molecule has 1 aromatic rings. The van der Waals surface area contributed by atoms with Gasteiger partial charge in [-0.25, -0.2) is 0 Å². The minimum absolute atomic E-state index is 0.117. The van der Waals surface area contributed by atoms with Crippen LogP contribution in [0.2, 0.25) is 5.02 Å². The number of amidine groups is 1. The first-order valence-corrected chi connectivity index (χ1v) is 5.01. The lowest BCUT2D eigenvalue weighted by Gasteiger charge is -2.16. The van der Waals surface area contributed by atoms with Crippen molar-refractivity contribution in [1.29, 1.82) is 0 Å². The van der Waals surface area contributed by atoms with Crippen molar-refractivity contribution in [2.45, 2.75) is 0 Å². The molecular weight excluding hydrogens is 230 g/mol. The third-order valence-corrected chi connectivity index (χ3v) is 2.42. The Balaban J connectivity index is 2.28. The number of rotatable bonds is 2. The van der Waals surface area contributed by atoms with Crippen molar-refractivity contribution in [1.82, 2.24) is 10.9 Å². The number of ether oxygens (including phenoxy) is 1. The summed E-state index contributed by atoms with van der Waals surface area (Å²) in [6, 6.07) is 5.29. The number of carbonyl (C=O) groups is 1. The van der Waals surface area contributed by atoms with Gasteiger partial charge in [-0.2, -0.15) is 0 Å². The highest BCUT2D eigenvalue weighted by atomic mass is 35.5. The monoisotopic (exact) mass is 239 g/mol. The van der Waals surface area contributed by atoms with E-state index in [-0.39, 0.29) is 12.5 Å². The molecule has 1 amide bonds. The van der Waals surface area contributed by atoms with Crippen molar-refractivity contribution in [2.24, 2.45) is 4.99 Å². The predicted molar refractivity (Wildman–Crippen MR) is 60.7 cm³/mol. The first kappa shape index (κ1) is 10.8. The minimum Gasteiger partial charge on any atom is -0.495 e. The topological polar surface area (TPSA) is 62.7 Å². The summed E-state index contributed by atoms with van der Waals surface area (Å²) >= 11 is 5.98. The van der Waals surface area contributed by atoms with Crippen LogP contribution in [0, 0.1) is 0 Å². The second-order valence-corrected chi connectivity index (χ2v) is 3.59. The summed E-state index contributed by atoms with van der Waals surface area (Å²) in [7, 11) is 1.55. The lowest BCUT2D eigenvalue weighted by atomic mass is 10.2. The fraction of sp³-hybridized carbons (Fsp3) is 0.200. The molecule has 2 N–H and O–H groups in total. The average molecular weight is 240 g/mol. The molecule has 0 bridgehead atoms. The number of carbonyl (C=O) groups excluding carboxylic acids is 1. The van der Waals surface area contributed by atoms with Gasteiger partial charge < -0.3 is 4.74 Å². The number of benzene rings is 1. The number of nitrogens with one attached hydrogen (secondary N) is 2. The molecule has 2 rings (SSSR count). The van der Waals surface area contributed by atoms with E-state index in [0.717, 1.165) is 5.56 Å². The van der Waals surface area contributed by atoms with Crippen molar-refractivity contribution < 1.29 is 9.53 Å². The summed E-state index contributed by atoms with van der Waals surface area (Å²) < 4.78 is 5.04. The molecule has 16 heavy (non-hydrogen) atoms. The molecule has 0 radical (unpaired) electrons. The molecule has 0 saturated carbocycles. The molecule has 6 heteroatoms. The highest BCUT2D eigenvalue weighted by molar-refractivity contribution is 6.32. The summed E-state index contributed by atoms with van der Waals surface area (Å²) in [6.45, 7) is 0.117. The second-order valence-electron chi connectivity index (χ2n) is 3.19. The van der Waals surface area contributed by atoms with Gasteiger partial charge in [0.15, 0.2) is 0 Å². The molecule has 1 aliphatic rings. The van der Waals surface area contributed by atoms with E-state index in [1.165, 1.54) is 0 Å². The number of amides is 1. The van der Waals surface area contributed by atoms with E-state index in [1.54, 1.807) is 19.2 Å². The van der Waals surface area contributed by atoms with Crippen LogP contribution in [0.4, 0.5) is 0 Å². The summed E-state index contributed by atoms with van der Waals surface area (Å²) in [5.41, 5.74) is 5.98. The third kappa shape index (κ3) is 2.09. The first-order valence-electron chi connectivity index (χ1n) is 4.64. The van der Waals surface area contributed by atoms with E-state index in [2.05, 4.69) is 15.8 Å². The average Bonchev–Trinajstić information content (AvgIpc) is 2.30. The van der Waals surface area contributed by atoms with Gasteiger partial charge in [-0.1, -0.05) is 11.6 Å². The maximum atomic E-state index is 10.9. The van der Waals surface area contributed by atoms with Gasteiger partial charge in [-0.05, 0) is 18.2 Å². The molecule has 0 saturated heterocycles. The van der Waals surface area contributed by atoms with E-state index < -0.39 is 0 Å². The van der Waals surface area contributed by atoms with Crippen molar-refractivity contribution in [2.75, 3.05) is 13.7 Å². The number of hydrazine groups is 1. The Kier molecular flexibility index (Phi) is 2.96. The zero-order valence-electron chi connectivity index (χ0n) is 8.58. The third-order valence-electron chi connectivity index (χ3n) is 2.13. The van der Waals surface area contributed by atoms with E-state index >= 15 is 0 Å². The maximum Gasteiger partial charge on any atom is 0.260 e. The number of halogens is 1.